The Balaban J connectivity index is 1.36. The Morgan fingerprint density at radius 3 is 0.959 bits per heavy atom. The Hall–Kier alpha value is -1.34. The normalized spacial score (nSPS) is 27.9. The van der Waals surface area contributed by atoms with Crippen LogP contribution in [0.3, 0.4) is 0 Å². The van der Waals surface area contributed by atoms with E-state index in [9.17, 15) is 5.11 Å². The van der Waals surface area contributed by atoms with Crippen LogP contribution < -0.4 is 0 Å². The molecular weight excluding hydrogens is 925 g/mol. The van der Waals surface area contributed by atoms with Gasteiger partial charge in [0.2, 0.25) is 0 Å². The molecule has 6 rings (SSSR count). The van der Waals surface area contributed by atoms with Crippen molar-refractivity contribution in [1.29, 1.82) is 0 Å². The lowest BCUT2D eigenvalue weighted by atomic mass is 9.72. The van der Waals surface area contributed by atoms with E-state index in [1.54, 1.807) is 0 Å². The maximum Gasteiger partial charge on any atom is 0.257 e. The Morgan fingerprint density at radius 1 is 0.432 bits per heavy atom. The van der Waals surface area contributed by atoms with Crippen molar-refractivity contribution in [2.24, 2.45) is 0 Å². The summed E-state index contributed by atoms with van der Waals surface area (Å²) in [6.45, 7) is 27.2. The highest BCUT2D eigenvalue weighted by molar-refractivity contribution is 5.89. The van der Waals surface area contributed by atoms with Gasteiger partial charge in [-0.15, -0.1) is 0 Å². The summed E-state index contributed by atoms with van der Waals surface area (Å²) < 4.78 is 15.5. The van der Waals surface area contributed by atoms with Gasteiger partial charge >= 0.3 is 0 Å². The topological polar surface area (TPSA) is 104 Å². The smallest absolute Gasteiger partial charge is 0.257 e. The molecule has 11 heteroatoms. The molecule has 74 heavy (non-hydrogen) atoms. The van der Waals surface area contributed by atoms with E-state index in [4.69, 9.17) is 19.1 Å². The Bertz CT molecular complexity index is 1550. The number of rotatable bonds is 18. The van der Waals surface area contributed by atoms with Gasteiger partial charge in [-0.25, -0.2) is 0 Å². The minimum absolute atomic E-state index is 0.0120. The van der Waals surface area contributed by atoms with Crippen LogP contribution >= 0.6 is 0 Å². The molecule has 430 valence electrons. The number of aliphatic hydroxyl groups excluding tert-OH is 1. The molecule has 2 atom stereocenters. The summed E-state index contributed by atoms with van der Waals surface area (Å²) in [6.07, 6.45) is 35.7. The molecular formula is C63H116N4O7. The fourth-order valence-corrected chi connectivity index (χ4v) is 16.0. The summed E-state index contributed by atoms with van der Waals surface area (Å²) >= 11 is 0. The predicted octanol–water partition coefficient (Wildman–Crippen LogP) is 15.4. The molecule has 6 fully saturated rings. The second-order valence-corrected chi connectivity index (χ2v) is 27.8. The van der Waals surface area contributed by atoms with Crippen LogP contribution in [0.5, 0.6) is 0 Å². The van der Waals surface area contributed by atoms with Gasteiger partial charge in [0.25, 0.3) is 11.8 Å². The fraction of sp³-hybridized carbons (Fsp3) is 0.968. The standard InChI is InChI=1S/C63H116N4O7/c1-13-17-39-52(37-15-3)71-66-56(5,6)47-60(48-57(66,7)8)54(69)64(62(73-60)41-33-29-25-21-19-22-26-30-34-42-62)45-51(68)46-65-55(70)61(74-63(65)43-35-31-27-23-20-24-28-32-36-44-63)49-58(9,10)67(59(11,12)50-61)72-53(38-16-4)40-18-14-2/h51-53,68H,13-50H2,1-12H3. The molecule has 2 amide bonds. The molecule has 4 heterocycles. The number of amides is 2. The van der Waals surface area contributed by atoms with E-state index >= 15 is 9.59 Å². The van der Waals surface area contributed by atoms with Gasteiger partial charge in [0.1, 0.15) is 11.4 Å². The summed E-state index contributed by atoms with van der Waals surface area (Å²) in [5.74, 6) is 0.0239. The molecule has 2 saturated carbocycles. The summed E-state index contributed by atoms with van der Waals surface area (Å²) in [5, 5.41) is 17.5. The Labute approximate surface area is 454 Å². The van der Waals surface area contributed by atoms with Crippen LogP contribution in [0.4, 0.5) is 0 Å². The maximum absolute atomic E-state index is 16.0. The van der Waals surface area contributed by atoms with Crippen LogP contribution in [0.25, 0.3) is 0 Å². The summed E-state index contributed by atoms with van der Waals surface area (Å²) in [5.41, 5.74) is -5.83. The van der Waals surface area contributed by atoms with E-state index in [2.05, 4.69) is 93.2 Å². The van der Waals surface area contributed by atoms with Gasteiger partial charge in [0, 0.05) is 47.8 Å². The molecule has 0 aromatic rings. The average Bonchev–Trinajstić information content (AvgIpc) is 3.64. The first-order valence-electron chi connectivity index (χ1n) is 31.8. The second-order valence-electron chi connectivity index (χ2n) is 27.8. The molecule has 0 aromatic heterocycles. The van der Waals surface area contributed by atoms with E-state index < -0.39 is 50.9 Å². The van der Waals surface area contributed by atoms with Gasteiger partial charge in [-0.2, -0.15) is 10.1 Å². The van der Waals surface area contributed by atoms with Crippen LogP contribution in [-0.4, -0.2) is 113 Å². The Kier molecular flexibility index (Phi) is 22.4. The number of unbranched alkanes of at least 4 members (excludes halogenated alkanes) is 2. The molecule has 4 saturated heterocycles. The number of hydrogen-bond donors (Lipinski definition) is 1. The predicted molar refractivity (Wildman–Crippen MR) is 301 cm³/mol. The summed E-state index contributed by atoms with van der Waals surface area (Å²) in [4.78, 5) is 50.3. The maximum atomic E-state index is 16.0. The van der Waals surface area contributed by atoms with Crippen LogP contribution in [0, 0.1) is 0 Å². The lowest BCUT2D eigenvalue weighted by Crippen LogP contribution is -2.67. The first-order chi connectivity index (χ1) is 35.1. The van der Waals surface area contributed by atoms with Crippen molar-refractivity contribution in [1.82, 2.24) is 19.9 Å². The van der Waals surface area contributed by atoms with Crippen molar-refractivity contribution in [3.63, 3.8) is 0 Å². The van der Waals surface area contributed by atoms with Gasteiger partial charge in [-0.3, -0.25) is 19.3 Å². The third kappa shape index (κ3) is 14.7. The number of nitrogens with zero attached hydrogens (tertiary/aromatic N) is 4. The van der Waals surface area contributed by atoms with E-state index in [1.165, 1.54) is 64.2 Å². The quantitative estimate of drug-likeness (QED) is 0.144. The molecule has 2 unspecified atom stereocenters. The number of piperidine rings is 2. The van der Waals surface area contributed by atoms with Crippen molar-refractivity contribution in [3.05, 3.63) is 0 Å². The van der Waals surface area contributed by atoms with Gasteiger partial charge in [-0.1, -0.05) is 156 Å². The number of ether oxygens (including phenoxy) is 2. The van der Waals surface area contributed by atoms with E-state index in [0.717, 1.165) is 141 Å². The number of β-amino-alcohol motifs (C(OH)–C–C–N with tert-alkyl or cyclic N) is 1. The summed E-state index contributed by atoms with van der Waals surface area (Å²) in [6, 6.07) is 0. The zero-order valence-corrected chi connectivity index (χ0v) is 50.3. The van der Waals surface area contributed by atoms with E-state index in [0.29, 0.717) is 25.7 Å². The van der Waals surface area contributed by atoms with Crippen molar-refractivity contribution >= 4 is 11.8 Å². The van der Waals surface area contributed by atoms with Gasteiger partial charge in [0.05, 0.1) is 31.4 Å². The Morgan fingerprint density at radius 2 is 0.703 bits per heavy atom. The lowest BCUT2D eigenvalue weighted by Gasteiger charge is -2.57. The van der Waals surface area contributed by atoms with Crippen LogP contribution in [0.2, 0.25) is 0 Å². The van der Waals surface area contributed by atoms with Gasteiger partial charge in [0.15, 0.2) is 11.2 Å². The minimum Gasteiger partial charge on any atom is -0.389 e. The second kappa shape index (κ2) is 26.7. The molecule has 0 bridgehead atoms. The van der Waals surface area contributed by atoms with Gasteiger partial charge in [-0.05, 0) is 132 Å². The molecule has 0 radical (unpaired) electrons. The van der Waals surface area contributed by atoms with Crippen LogP contribution in [0.1, 0.15) is 314 Å². The minimum atomic E-state index is -1.07. The monoisotopic (exact) mass is 1040 g/mol. The molecule has 0 aromatic carbocycles. The van der Waals surface area contributed by atoms with E-state index in [1.807, 2.05) is 9.80 Å². The van der Waals surface area contributed by atoms with Crippen LogP contribution in [-0.2, 0) is 28.7 Å². The molecule has 1 N–H and O–H groups in total. The largest absolute Gasteiger partial charge is 0.389 e. The summed E-state index contributed by atoms with van der Waals surface area (Å²) in [7, 11) is 0. The third-order valence-corrected chi connectivity index (χ3v) is 18.6. The van der Waals surface area contributed by atoms with Crippen molar-refractivity contribution in [2.45, 2.75) is 377 Å². The zero-order chi connectivity index (χ0) is 53.9. The highest BCUT2D eigenvalue weighted by Gasteiger charge is 2.69. The van der Waals surface area contributed by atoms with Crippen molar-refractivity contribution in [2.75, 3.05) is 13.1 Å². The SMILES string of the molecule is CCCCC(CCC)ON1C(C)(C)CC2(CC1(C)C)OC1(CCCCCCCCCCC1)N(CC(O)CN1C(=O)C3(CC(C)(C)N(OC(CCC)CCCC)C(C)(C)C3)OC13CCCCCCCCCCC3)C2=O. The van der Waals surface area contributed by atoms with Crippen molar-refractivity contribution < 1.29 is 33.8 Å². The third-order valence-electron chi connectivity index (χ3n) is 18.6. The van der Waals surface area contributed by atoms with Gasteiger partial charge < -0.3 is 24.4 Å². The molecule has 4 spiro atoms. The molecule has 11 nitrogen and oxygen atoms in total. The van der Waals surface area contributed by atoms with Crippen LogP contribution in [0.15, 0.2) is 0 Å². The fourth-order valence-electron chi connectivity index (χ4n) is 16.0. The first-order valence-corrected chi connectivity index (χ1v) is 31.8. The zero-order valence-electron chi connectivity index (χ0n) is 50.3. The highest BCUT2D eigenvalue weighted by Crippen LogP contribution is 2.56. The number of carbonyl (C=O) groups is 2. The first kappa shape index (κ1) is 61.9. The average molecular weight is 1040 g/mol. The molecule has 2 aliphatic carbocycles. The highest BCUT2D eigenvalue weighted by atomic mass is 16.7. The number of aliphatic hydroxyl groups is 1. The number of carbonyl (C=O) groups excluding carboxylic acids is 2. The lowest BCUT2D eigenvalue weighted by molar-refractivity contribution is -0.330. The van der Waals surface area contributed by atoms with E-state index in [-0.39, 0.29) is 37.1 Å². The number of hydroxylamine groups is 4. The molecule has 4 aliphatic heterocycles. The van der Waals surface area contributed by atoms with Crippen molar-refractivity contribution in [3.8, 4) is 0 Å². The number of hydrogen-bond acceptors (Lipinski definition) is 9. The molecule has 6 aliphatic rings.